The van der Waals surface area contributed by atoms with Crippen LogP contribution in [0.15, 0.2) is 91.3 Å². The van der Waals surface area contributed by atoms with E-state index in [1.165, 1.54) is 67.7 Å². The molecule has 44 heavy (non-hydrogen) atoms. The Labute approximate surface area is 265 Å². The highest BCUT2D eigenvalue weighted by Gasteiger charge is 2.59. The summed E-state index contributed by atoms with van der Waals surface area (Å²) in [4.78, 5) is 5.16. The molecule has 1 saturated carbocycles. The predicted octanol–water partition coefficient (Wildman–Crippen LogP) is 11.7. The lowest BCUT2D eigenvalue weighted by atomic mass is 9.83. The second-order valence-corrected chi connectivity index (χ2v) is 14.4. The molecule has 2 heteroatoms. The van der Waals surface area contributed by atoms with Crippen molar-refractivity contribution in [3.8, 4) is 39.3 Å². The monoisotopic (exact) mass is 580 g/mol. The summed E-state index contributed by atoms with van der Waals surface area (Å²) in [7, 11) is 0. The lowest BCUT2D eigenvalue weighted by molar-refractivity contribution is 0.529. The summed E-state index contributed by atoms with van der Waals surface area (Å²) in [5.74, 6) is 1.74. The van der Waals surface area contributed by atoms with Gasteiger partial charge < -0.3 is 0 Å². The van der Waals surface area contributed by atoms with Gasteiger partial charge in [0.05, 0.1) is 5.69 Å². The first-order valence-corrected chi connectivity index (χ1v) is 16.5. The van der Waals surface area contributed by atoms with Crippen LogP contribution in [0.1, 0.15) is 101 Å². The third-order valence-electron chi connectivity index (χ3n) is 10.4. The summed E-state index contributed by atoms with van der Waals surface area (Å²) < 4.78 is 2.40. The van der Waals surface area contributed by atoms with E-state index in [1.54, 1.807) is 0 Å². The van der Waals surface area contributed by atoms with Gasteiger partial charge in [-0.15, -0.1) is 0 Å². The Morgan fingerprint density at radius 1 is 0.773 bits per heavy atom. The average Bonchev–Trinajstić information content (AvgIpc) is 3.30. The molecule has 0 bridgehead atoms. The molecule has 1 heterocycles. The first kappa shape index (κ1) is 30.1. The molecule has 1 aliphatic carbocycles. The molecule has 0 radical (unpaired) electrons. The summed E-state index contributed by atoms with van der Waals surface area (Å²) in [6.45, 7) is 21.0. The van der Waals surface area contributed by atoms with Gasteiger partial charge in [0, 0.05) is 18.0 Å². The first-order chi connectivity index (χ1) is 21.0. The molecule has 4 aromatic carbocycles. The molecule has 0 aliphatic heterocycles. The number of imidazole rings is 1. The zero-order chi connectivity index (χ0) is 31.4. The summed E-state index contributed by atoms with van der Waals surface area (Å²) in [5, 5.41) is 0. The van der Waals surface area contributed by atoms with Crippen LogP contribution in [-0.4, -0.2) is 9.55 Å². The van der Waals surface area contributed by atoms with Crippen molar-refractivity contribution in [1.29, 1.82) is 0 Å². The van der Waals surface area contributed by atoms with Crippen molar-refractivity contribution in [2.75, 3.05) is 0 Å². The van der Waals surface area contributed by atoms with Gasteiger partial charge in [0.1, 0.15) is 5.82 Å². The molecule has 1 aromatic heterocycles. The third-order valence-corrected chi connectivity index (χ3v) is 10.4. The molecular weight excluding hydrogens is 532 g/mol. The summed E-state index contributed by atoms with van der Waals surface area (Å²) >= 11 is 0. The van der Waals surface area contributed by atoms with E-state index in [4.69, 9.17) is 4.98 Å². The van der Waals surface area contributed by atoms with Gasteiger partial charge >= 0.3 is 0 Å². The van der Waals surface area contributed by atoms with Gasteiger partial charge in [-0.25, -0.2) is 4.98 Å². The fraction of sp³-hybridized carbons (Fsp3) is 0.357. The van der Waals surface area contributed by atoms with Gasteiger partial charge in [-0.3, -0.25) is 4.57 Å². The summed E-state index contributed by atoms with van der Waals surface area (Å²) in [6, 6.07) is 29.5. The first-order valence-electron chi connectivity index (χ1n) is 16.5. The van der Waals surface area contributed by atoms with E-state index in [0.717, 1.165) is 12.2 Å². The number of aryl methyl sites for hydroxylation is 2. The van der Waals surface area contributed by atoms with Crippen LogP contribution < -0.4 is 0 Å². The topological polar surface area (TPSA) is 17.8 Å². The Kier molecular flexibility index (Phi) is 7.68. The summed E-state index contributed by atoms with van der Waals surface area (Å²) in [5.41, 5.74) is 14.9. The van der Waals surface area contributed by atoms with Crippen molar-refractivity contribution in [1.82, 2.24) is 9.55 Å². The minimum Gasteiger partial charge on any atom is -0.299 e. The van der Waals surface area contributed by atoms with E-state index >= 15 is 0 Å². The van der Waals surface area contributed by atoms with Gasteiger partial charge in [0.15, 0.2) is 0 Å². The van der Waals surface area contributed by atoms with Gasteiger partial charge in [-0.1, -0.05) is 116 Å². The molecule has 1 fully saturated rings. The Hall–Kier alpha value is -3.91. The normalized spacial score (nSPS) is 17.4. The van der Waals surface area contributed by atoms with E-state index in [2.05, 4.69) is 152 Å². The van der Waals surface area contributed by atoms with Crippen LogP contribution in [0, 0.1) is 12.3 Å². The molecule has 226 valence electrons. The maximum atomic E-state index is 5.16. The van der Waals surface area contributed by atoms with Crippen LogP contribution in [0.2, 0.25) is 0 Å². The fourth-order valence-corrected chi connectivity index (χ4v) is 7.42. The van der Waals surface area contributed by atoms with Crippen molar-refractivity contribution in [2.24, 2.45) is 5.41 Å². The predicted molar refractivity (Wildman–Crippen MR) is 188 cm³/mol. The van der Waals surface area contributed by atoms with Crippen molar-refractivity contribution >= 4 is 0 Å². The van der Waals surface area contributed by atoms with Gasteiger partial charge in [0.2, 0.25) is 0 Å². The van der Waals surface area contributed by atoms with Crippen molar-refractivity contribution in [3.05, 3.63) is 119 Å². The Morgan fingerprint density at radius 2 is 1.43 bits per heavy atom. The highest BCUT2D eigenvalue weighted by atomic mass is 15.1. The minimum absolute atomic E-state index is 0.107. The second-order valence-electron chi connectivity index (χ2n) is 14.4. The molecule has 0 N–H and O–H groups in total. The molecule has 0 spiro atoms. The zero-order valence-electron chi connectivity index (χ0n) is 28.1. The number of benzene rings is 4. The SMILES string of the molecule is CCc1cccc(C)c1-c1ccc(C2(C)CC2(C)C)c(-c2nccn2-c2c(C(C)C)cc(-c3ccccc3)cc2C(C)C)c1. The fourth-order valence-electron chi connectivity index (χ4n) is 7.42. The largest absolute Gasteiger partial charge is 0.299 e. The highest BCUT2D eigenvalue weighted by Crippen LogP contribution is 2.65. The smallest absolute Gasteiger partial charge is 0.144 e. The van der Waals surface area contributed by atoms with E-state index in [-0.39, 0.29) is 10.8 Å². The Morgan fingerprint density at radius 3 is 2.02 bits per heavy atom. The number of hydrogen-bond donors (Lipinski definition) is 0. The molecule has 5 aromatic rings. The molecule has 1 atom stereocenters. The standard InChI is InChI=1S/C42H48N2/c1-10-30-18-14-15-29(6)38(30)32-19-20-37(42(9)26-41(42,7)8)36(23-32)40-43-21-22-44(40)39-34(27(2)3)24-33(25-35(39)28(4)5)31-16-12-11-13-17-31/h11-25,27-28H,10,26H2,1-9H3. The molecule has 6 rings (SSSR count). The average molecular weight is 581 g/mol. The second kappa shape index (κ2) is 11.2. The number of hydrogen-bond acceptors (Lipinski definition) is 1. The summed E-state index contributed by atoms with van der Waals surface area (Å²) in [6.07, 6.45) is 6.37. The van der Waals surface area contributed by atoms with Gasteiger partial charge in [0.25, 0.3) is 0 Å². The minimum atomic E-state index is 0.107. The zero-order valence-corrected chi connectivity index (χ0v) is 28.1. The van der Waals surface area contributed by atoms with Crippen molar-refractivity contribution in [3.63, 3.8) is 0 Å². The van der Waals surface area contributed by atoms with Gasteiger partial charge in [-0.2, -0.15) is 0 Å². The molecular formula is C42H48N2. The van der Waals surface area contributed by atoms with E-state index in [1.807, 2.05) is 6.20 Å². The van der Waals surface area contributed by atoms with Crippen molar-refractivity contribution in [2.45, 2.75) is 92.4 Å². The van der Waals surface area contributed by atoms with E-state index in [9.17, 15) is 0 Å². The molecule has 1 aliphatic rings. The molecule has 1 unspecified atom stereocenters. The van der Waals surface area contributed by atoms with E-state index < -0.39 is 0 Å². The lowest BCUT2D eigenvalue weighted by Gasteiger charge is -2.26. The third kappa shape index (κ3) is 5.03. The number of nitrogens with zero attached hydrogens (tertiary/aromatic N) is 2. The quantitative estimate of drug-likeness (QED) is 0.178. The number of aromatic nitrogens is 2. The van der Waals surface area contributed by atoms with Crippen LogP contribution in [0.3, 0.4) is 0 Å². The lowest BCUT2D eigenvalue weighted by Crippen LogP contribution is -2.14. The van der Waals surface area contributed by atoms with Crippen LogP contribution in [0.4, 0.5) is 0 Å². The van der Waals surface area contributed by atoms with E-state index in [0.29, 0.717) is 11.8 Å². The number of rotatable bonds is 8. The maximum absolute atomic E-state index is 5.16. The van der Waals surface area contributed by atoms with Crippen LogP contribution >= 0.6 is 0 Å². The van der Waals surface area contributed by atoms with Crippen LogP contribution in [0.25, 0.3) is 39.3 Å². The van der Waals surface area contributed by atoms with Gasteiger partial charge in [-0.05, 0) is 111 Å². The molecule has 0 saturated heterocycles. The highest BCUT2D eigenvalue weighted by molar-refractivity contribution is 5.79. The van der Waals surface area contributed by atoms with Crippen LogP contribution in [-0.2, 0) is 11.8 Å². The molecule has 2 nitrogen and oxygen atoms in total. The molecule has 0 amide bonds. The van der Waals surface area contributed by atoms with Crippen LogP contribution in [0.5, 0.6) is 0 Å². The maximum Gasteiger partial charge on any atom is 0.144 e. The Balaban J connectivity index is 1.62. The van der Waals surface area contributed by atoms with Crippen molar-refractivity contribution < 1.29 is 0 Å². The Bertz CT molecular complexity index is 1790.